The third-order valence-corrected chi connectivity index (χ3v) is 3.74. The van der Waals surface area contributed by atoms with Gasteiger partial charge in [-0.3, -0.25) is 15.0 Å². The Balaban J connectivity index is 2.29. The number of rotatable bonds is 4. The lowest BCUT2D eigenvalue weighted by Gasteiger charge is -2.35. The topological polar surface area (TPSA) is 67.9 Å². The summed E-state index contributed by atoms with van der Waals surface area (Å²) in [6.45, 7) is 5.53. The largest absolute Gasteiger partial charge is 0.497 e. The number of hydrogen-bond donors (Lipinski definition) is 1. The number of nitrogens with one attached hydrogen (secondary N) is 1. The summed E-state index contributed by atoms with van der Waals surface area (Å²) < 4.78 is 10.3. The molecule has 26 heavy (non-hydrogen) atoms. The first-order valence-corrected chi connectivity index (χ1v) is 8.20. The van der Waals surface area contributed by atoms with E-state index in [4.69, 9.17) is 9.47 Å². The molecule has 1 N–H and O–H groups in total. The quantitative estimate of drug-likeness (QED) is 0.854. The minimum atomic E-state index is -0.630. The second-order valence-corrected chi connectivity index (χ2v) is 6.72. The van der Waals surface area contributed by atoms with Crippen LogP contribution in [0.1, 0.15) is 41.5 Å². The summed E-state index contributed by atoms with van der Waals surface area (Å²) >= 11 is 0. The van der Waals surface area contributed by atoms with Crippen molar-refractivity contribution in [3.63, 3.8) is 0 Å². The van der Waals surface area contributed by atoms with Crippen molar-refractivity contribution < 1.29 is 19.1 Å². The number of methoxy groups -OCH3 is 2. The smallest absolute Gasteiger partial charge is 0.272 e. The SMILES string of the molecule is COc1cccc(C(=O)NN(C(=O)c2cccc(OC)c2)C(C)(C)C)c1. The van der Waals surface area contributed by atoms with Crippen LogP contribution in [0.3, 0.4) is 0 Å². The second-order valence-electron chi connectivity index (χ2n) is 6.72. The van der Waals surface area contributed by atoms with Crippen LogP contribution in [-0.4, -0.2) is 36.6 Å². The lowest BCUT2D eigenvalue weighted by Crippen LogP contribution is -2.55. The molecule has 0 aliphatic heterocycles. The van der Waals surface area contributed by atoms with Crippen LogP contribution < -0.4 is 14.9 Å². The van der Waals surface area contributed by atoms with Crippen molar-refractivity contribution in [2.45, 2.75) is 26.3 Å². The number of benzene rings is 2. The average molecular weight is 356 g/mol. The van der Waals surface area contributed by atoms with Gasteiger partial charge in [0.15, 0.2) is 0 Å². The number of carbonyl (C=O) groups is 2. The Bertz CT molecular complexity index is 796. The van der Waals surface area contributed by atoms with Crippen LogP contribution in [0.5, 0.6) is 11.5 Å². The van der Waals surface area contributed by atoms with Gasteiger partial charge in [0, 0.05) is 11.1 Å². The number of nitrogens with zero attached hydrogens (tertiary/aromatic N) is 1. The van der Waals surface area contributed by atoms with Gasteiger partial charge in [-0.15, -0.1) is 0 Å². The van der Waals surface area contributed by atoms with Crippen molar-refractivity contribution in [1.29, 1.82) is 0 Å². The normalized spacial score (nSPS) is 10.8. The predicted molar refractivity (Wildman–Crippen MR) is 99.4 cm³/mol. The minimum absolute atomic E-state index is 0.326. The highest BCUT2D eigenvalue weighted by atomic mass is 16.5. The zero-order valence-electron chi connectivity index (χ0n) is 15.7. The molecule has 0 saturated carbocycles. The molecule has 0 aliphatic rings. The van der Waals surface area contributed by atoms with Crippen molar-refractivity contribution in [2.75, 3.05) is 14.2 Å². The molecule has 0 radical (unpaired) electrons. The zero-order valence-corrected chi connectivity index (χ0v) is 15.7. The van der Waals surface area contributed by atoms with Crippen LogP contribution in [-0.2, 0) is 0 Å². The van der Waals surface area contributed by atoms with Gasteiger partial charge in [0.1, 0.15) is 11.5 Å². The van der Waals surface area contributed by atoms with Crippen molar-refractivity contribution >= 4 is 11.8 Å². The van der Waals surface area contributed by atoms with E-state index in [1.807, 2.05) is 20.8 Å². The van der Waals surface area contributed by atoms with Gasteiger partial charge in [-0.05, 0) is 57.2 Å². The van der Waals surface area contributed by atoms with Gasteiger partial charge in [-0.25, -0.2) is 5.01 Å². The Labute approximate surface area is 153 Å². The summed E-state index contributed by atoms with van der Waals surface area (Å²) in [5.41, 5.74) is 2.90. The molecule has 0 atom stereocenters. The second kappa shape index (κ2) is 7.91. The summed E-state index contributed by atoms with van der Waals surface area (Å²) in [6, 6.07) is 13.6. The van der Waals surface area contributed by atoms with Crippen LogP contribution in [0.4, 0.5) is 0 Å². The van der Waals surface area contributed by atoms with E-state index in [9.17, 15) is 9.59 Å². The lowest BCUT2D eigenvalue weighted by molar-refractivity contribution is 0.0358. The third kappa shape index (κ3) is 4.53. The van der Waals surface area contributed by atoms with Gasteiger partial charge < -0.3 is 9.47 Å². The highest BCUT2D eigenvalue weighted by Gasteiger charge is 2.30. The molecule has 0 aromatic heterocycles. The van der Waals surface area contributed by atoms with Gasteiger partial charge in [0.05, 0.1) is 19.8 Å². The molecule has 2 amide bonds. The molecule has 2 aromatic rings. The molecule has 0 unspecified atom stereocenters. The fourth-order valence-corrected chi connectivity index (χ4v) is 2.34. The Kier molecular flexibility index (Phi) is 5.87. The summed E-state index contributed by atoms with van der Waals surface area (Å²) in [6.07, 6.45) is 0. The highest BCUT2D eigenvalue weighted by Crippen LogP contribution is 2.20. The van der Waals surface area contributed by atoms with Gasteiger partial charge in [-0.2, -0.15) is 0 Å². The van der Waals surface area contributed by atoms with Crippen LogP contribution >= 0.6 is 0 Å². The first-order chi connectivity index (χ1) is 12.3. The van der Waals surface area contributed by atoms with E-state index in [1.54, 1.807) is 48.5 Å². The molecule has 6 heteroatoms. The number of hydrogen-bond acceptors (Lipinski definition) is 4. The predicted octanol–water partition coefficient (Wildman–Crippen LogP) is 3.29. The molecule has 138 valence electrons. The maximum atomic E-state index is 13.0. The zero-order chi connectivity index (χ0) is 19.3. The van der Waals surface area contributed by atoms with Crippen molar-refractivity contribution in [1.82, 2.24) is 10.4 Å². The summed E-state index contributed by atoms with van der Waals surface area (Å²) in [5.74, 6) is 0.422. The molecule has 0 saturated heterocycles. The summed E-state index contributed by atoms with van der Waals surface area (Å²) in [5, 5.41) is 1.32. The number of hydrazine groups is 1. The van der Waals surface area contributed by atoms with Crippen LogP contribution in [0.15, 0.2) is 48.5 Å². The molecule has 2 rings (SSSR count). The van der Waals surface area contributed by atoms with Gasteiger partial charge >= 0.3 is 0 Å². The van der Waals surface area contributed by atoms with Crippen LogP contribution in [0.25, 0.3) is 0 Å². The van der Waals surface area contributed by atoms with Gasteiger partial charge in [-0.1, -0.05) is 12.1 Å². The fourth-order valence-electron chi connectivity index (χ4n) is 2.34. The van der Waals surface area contributed by atoms with E-state index in [1.165, 1.54) is 19.2 Å². The summed E-state index contributed by atoms with van der Waals surface area (Å²) in [7, 11) is 3.07. The number of amides is 2. The molecular weight excluding hydrogens is 332 g/mol. The van der Waals surface area contributed by atoms with E-state index in [0.29, 0.717) is 22.6 Å². The Morgan fingerprint density at radius 2 is 1.38 bits per heavy atom. The van der Waals surface area contributed by atoms with E-state index in [-0.39, 0.29) is 5.91 Å². The van der Waals surface area contributed by atoms with E-state index < -0.39 is 11.4 Å². The maximum absolute atomic E-state index is 13.0. The molecule has 0 heterocycles. The van der Waals surface area contributed by atoms with E-state index in [2.05, 4.69) is 5.43 Å². The van der Waals surface area contributed by atoms with Crippen molar-refractivity contribution in [2.24, 2.45) is 0 Å². The van der Waals surface area contributed by atoms with Crippen LogP contribution in [0, 0.1) is 0 Å². The van der Waals surface area contributed by atoms with Crippen molar-refractivity contribution in [3.05, 3.63) is 59.7 Å². The molecule has 0 spiro atoms. The molecular formula is C20H24N2O4. The lowest BCUT2D eigenvalue weighted by atomic mass is 10.1. The first-order valence-electron chi connectivity index (χ1n) is 8.20. The van der Waals surface area contributed by atoms with Crippen molar-refractivity contribution in [3.8, 4) is 11.5 Å². The number of ether oxygens (including phenoxy) is 2. The molecule has 0 aliphatic carbocycles. The minimum Gasteiger partial charge on any atom is -0.497 e. The fraction of sp³-hybridized carbons (Fsp3) is 0.300. The highest BCUT2D eigenvalue weighted by molar-refractivity contribution is 5.99. The molecule has 6 nitrogen and oxygen atoms in total. The van der Waals surface area contributed by atoms with E-state index in [0.717, 1.165) is 0 Å². The standard InChI is InChI=1S/C20H24N2O4/c1-20(2,3)22(19(24)15-9-7-11-17(13-15)26-5)21-18(23)14-8-6-10-16(12-14)25-4/h6-13H,1-5H3,(H,21,23). The van der Waals surface area contributed by atoms with Gasteiger partial charge in [0.25, 0.3) is 11.8 Å². The molecule has 0 fully saturated rings. The Morgan fingerprint density at radius 1 is 0.885 bits per heavy atom. The summed E-state index contributed by atoms with van der Waals surface area (Å²) in [4.78, 5) is 25.6. The maximum Gasteiger partial charge on any atom is 0.272 e. The van der Waals surface area contributed by atoms with Crippen LogP contribution in [0.2, 0.25) is 0 Å². The molecule has 0 bridgehead atoms. The van der Waals surface area contributed by atoms with Gasteiger partial charge in [0.2, 0.25) is 0 Å². The Hall–Kier alpha value is -3.02. The first kappa shape index (κ1) is 19.3. The average Bonchev–Trinajstić information content (AvgIpc) is 2.64. The van der Waals surface area contributed by atoms with E-state index >= 15 is 0 Å². The molecule has 2 aromatic carbocycles. The third-order valence-electron chi connectivity index (χ3n) is 3.74. The number of carbonyl (C=O) groups excluding carboxylic acids is 2. The monoisotopic (exact) mass is 356 g/mol. The Morgan fingerprint density at radius 3 is 1.88 bits per heavy atom.